The Labute approximate surface area is 92.6 Å². The molecule has 0 saturated carbocycles. The Kier molecular flexibility index (Phi) is 4.33. The van der Waals surface area contributed by atoms with Gasteiger partial charge in [0.05, 0.1) is 37.7 Å². The number of nitrogen functional groups attached to an aromatic ring is 1. The molecule has 0 aliphatic rings. The molecule has 0 aliphatic carbocycles. The van der Waals surface area contributed by atoms with Gasteiger partial charge < -0.3 is 26.0 Å². The summed E-state index contributed by atoms with van der Waals surface area (Å²) in [6.07, 6.45) is 0. The third-order valence-corrected chi connectivity index (χ3v) is 2.12. The molecule has 0 heterocycles. The van der Waals surface area contributed by atoms with Crippen LogP contribution in [-0.2, 0) is 0 Å². The molecular formula is C10H15FN2O3. The van der Waals surface area contributed by atoms with Crippen molar-refractivity contribution in [3.63, 3.8) is 0 Å². The van der Waals surface area contributed by atoms with Crippen molar-refractivity contribution in [1.82, 2.24) is 0 Å². The largest absolute Gasteiger partial charge is 0.494 e. The van der Waals surface area contributed by atoms with Gasteiger partial charge in [0.25, 0.3) is 0 Å². The van der Waals surface area contributed by atoms with Crippen LogP contribution in [0.2, 0.25) is 0 Å². The van der Waals surface area contributed by atoms with Crippen LogP contribution in [0.3, 0.4) is 0 Å². The average Bonchev–Trinajstić information content (AvgIpc) is 2.28. The van der Waals surface area contributed by atoms with E-state index in [0.29, 0.717) is 5.69 Å². The zero-order valence-corrected chi connectivity index (χ0v) is 8.90. The van der Waals surface area contributed by atoms with Gasteiger partial charge in [0.1, 0.15) is 0 Å². The van der Waals surface area contributed by atoms with E-state index in [4.69, 9.17) is 20.7 Å². The third kappa shape index (κ3) is 2.74. The molecule has 0 aliphatic heterocycles. The van der Waals surface area contributed by atoms with E-state index in [0.717, 1.165) is 6.07 Å². The summed E-state index contributed by atoms with van der Waals surface area (Å²) in [6, 6.07) is 1.95. The summed E-state index contributed by atoms with van der Waals surface area (Å²) in [6.45, 7) is -0.509. The number of aliphatic hydroxyl groups excluding tert-OH is 2. The normalized spacial score (nSPS) is 10.6. The summed E-state index contributed by atoms with van der Waals surface area (Å²) in [7, 11) is 1.34. The van der Waals surface area contributed by atoms with Crippen LogP contribution in [0.25, 0.3) is 0 Å². The molecule has 0 fully saturated rings. The Balaban J connectivity index is 2.95. The van der Waals surface area contributed by atoms with Crippen molar-refractivity contribution in [3.05, 3.63) is 17.9 Å². The molecule has 5 N–H and O–H groups in total. The van der Waals surface area contributed by atoms with Gasteiger partial charge in [-0.15, -0.1) is 0 Å². The Morgan fingerprint density at radius 2 is 2.06 bits per heavy atom. The molecule has 0 amide bonds. The molecule has 0 atom stereocenters. The molecule has 1 aromatic carbocycles. The minimum absolute atomic E-state index is 0.0475. The molecule has 1 aromatic rings. The summed E-state index contributed by atoms with van der Waals surface area (Å²) in [4.78, 5) is 0. The SMILES string of the molecule is COc1cc(NC(CO)CO)c(N)cc1F. The number of anilines is 2. The van der Waals surface area contributed by atoms with Gasteiger partial charge in [0, 0.05) is 12.1 Å². The first-order valence-corrected chi connectivity index (χ1v) is 4.73. The predicted octanol–water partition coefficient (Wildman–Crippen LogP) is 0.182. The molecule has 0 aromatic heterocycles. The van der Waals surface area contributed by atoms with Gasteiger partial charge in [-0.2, -0.15) is 0 Å². The number of ether oxygens (including phenoxy) is 1. The lowest BCUT2D eigenvalue weighted by Crippen LogP contribution is -2.28. The minimum atomic E-state index is -0.560. The number of rotatable bonds is 5. The molecule has 0 spiro atoms. The molecule has 90 valence electrons. The lowest BCUT2D eigenvalue weighted by molar-refractivity contribution is 0.204. The second-order valence-electron chi connectivity index (χ2n) is 3.28. The van der Waals surface area contributed by atoms with Crippen molar-refractivity contribution in [1.29, 1.82) is 0 Å². The van der Waals surface area contributed by atoms with Crippen LogP contribution in [0.4, 0.5) is 15.8 Å². The Hall–Kier alpha value is -1.53. The van der Waals surface area contributed by atoms with Crippen LogP contribution in [0.5, 0.6) is 5.75 Å². The van der Waals surface area contributed by atoms with Crippen LogP contribution in [0, 0.1) is 5.82 Å². The fourth-order valence-electron chi connectivity index (χ4n) is 1.22. The van der Waals surface area contributed by atoms with E-state index in [1.54, 1.807) is 0 Å². The summed E-state index contributed by atoms with van der Waals surface area (Å²) in [5.41, 5.74) is 6.18. The second kappa shape index (κ2) is 5.53. The first kappa shape index (κ1) is 12.5. The number of hydrogen-bond acceptors (Lipinski definition) is 5. The summed E-state index contributed by atoms with van der Waals surface area (Å²) < 4.78 is 18.0. The number of aliphatic hydroxyl groups is 2. The highest BCUT2D eigenvalue weighted by Gasteiger charge is 2.11. The Morgan fingerprint density at radius 3 is 2.56 bits per heavy atom. The monoisotopic (exact) mass is 230 g/mol. The summed E-state index contributed by atoms with van der Waals surface area (Å²) in [5.74, 6) is -0.513. The number of hydrogen-bond donors (Lipinski definition) is 4. The number of halogens is 1. The van der Waals surface area contributed by atoms with Gasteiger partial charge in [-0.1, -0.05) is 0 Å². The Bertz CT molecular complexity index is 356. The molecule has 0 unspecified atom stereocenters. The highest BCUT2D eigenvalue weighted by atomic mass is 19.1. The first-order valence-electron chi connectivity index (χ1n) is 4.73. The molecule has 0 saturated heterocycles. The maximum Gasteiger partial charge on any atom is 0.167 e. The molecule has 1 rings (SSSR count). The minimum Gasteiger partial charge on any atom is -0.494 e. The van der Waals surface area contributed by atoms with Crippen molar-refractivity contribution < 1.29 is 19.3 Å². The lowest BCUT2D eigenvalue weighted by atomic mass is 10.2. The van der Waals surface area contributed by atoms with E-state index in [-0.39, 0.29) is 24.7 Å². The molecule has 0 radical (unpaired) electrons. The fourth-order valence-corrected chi connectivity index (χ4v) is 1.22. The number of benzene rings is 1. The van der Waals surface area contributed by atoms with Crippen molar-refractivity contribution in [3.8, 4) is 5.75 Å². The van der Waals surface area contributed by atoms with Gasteiger partial charge in [-0.25, -0.2) is 4.39 Å². The van der Waals surface area contributed by atoms with E-state index in [1.165, 1.54) is 13.2 Å². The summed E-state index contributed by atoms with van der Waals surface area (Å²) in [5, 5.41) is 20.6. The van der Waals surface area contributed by atoms with E-state index < -0.39 is 11.9 Å². The zero-order valence-electron chi connectivity index (χ0n) is 8.90. The standard InChI is InChI=1S/C10H15FN2O3/c1-16-10-3-9(8(12)2-7(10)11)13-6(4-14)5-15/h2-3,6,13-15H,4-5,12H2,1H3. The van der Waals surface area contributed by atoms with Crippen LogP contribution < -0.4 is 15.8 Å². The Morgan fingerprint density at radius 1 is 1.44 bits per heavy atom. The molecule has 0 bridgehead atoms. The maximum atomic E-state index is 13.2. The molecule has 5 nitrogen and oxygen atoms in total. The average molecular weight is 230 g/mol. The first-order chi connectivity index (χ1) is 7.62. The van der Waals surface area contributed by atoms with Crippen LogP contribution in [-0.4, -0.2) is 36.6 Å². The topological polar surface area (TPSA) is 87.7 Å². The van der Waals surface area contributed by atoms with Crippen molar-refractivity contribution in [2.45, 2.75) is 6.04 Å². The molecule has 6 heteroatoms. The van der Waals surface area contributed by atoms with Gasteiger partial charge in [0.2, 0.25) is 0 Å². The number of methoxy groups -OCH3 is 1. The highest BCUT2D eigenvalue weighted by molar-refractivity contribution is 5.69. The zero-order chi connectivity index (χ0) is 12.1. The van der Waals surface area contributed by atoms with E-state index >= 15 is 0 Å². The molecular weight excluding hydrogens is 215 g/mol. The van der Waals surface area contributed by atoms with Crippen molar-refractivity contribution in [2.24, 2.45) is 0 Å². The van der Waals surface area contributed by atoms with E-state index in [2.05, 4.69) is 5.32 Å². The van der Waals surface area contributed by atoms with Crippen LogP contribution >= 0.6 is 0 Å². The second-order valence-corrected chi connectivity index (χ2v) is 3.28. The van der Waals surface area contributed by atoms with Crippen LogP contribution in [0.1, 0.15) is 0 Å². The highest BCUT2D eigenvalue weighted by Crippen LogP contribution is 2.28. The maximum absolute atomic E-state index is 13.2. The van der Waals surface area contributed by atoms with Gasteiger partial charge in [-0.05, 0) is 0 Å². The lowest BCUT2D eigenvalue weighted by Gasteiger charge is -2.17. The van der Waals surface area contributed by atoms with Gasteiger partial charge in [-0.3, -0.25) is 0 Å². The third-order valence-electron chi connectivity index (χ3n) is 2.12. The predicted molar refractivity (Wildman–Crippen MR) is 58.9 cm³/mol. The number of nitrogens with two attached hydrogens (primary N) is 1. The van der Waals surface area contributed by atoms with E-state index in [9.17, 15) is 4.39 Å². The van der Waals surface area contributed by atoms with E-state index in [1.807, 2.05) is 0 Å². The van der Waals surface area contributed by atoms with Gasteiger partial charge >= 0.3 is 0 Å². The van der Waals surface area contributed by atoms with Gasteiger partial charge in [0.15, 0.2) is 11.6 Å². The smallest absolute Gasteiger partial charge is 0.167 e. The van der Waals surface area contributed by atoms with Crippen LogP contribution in [0.15, 0.2) is 12.1 Å². The van der Waals surface area contributed by atoms with Crippen molar-refractivity contribution in [2.75, 3.05) is 31.4 Å². The summed E-state index contributed by atoms with van der Waals surface area (Å²) >= 11 is 0. The fraction of sp³-hybridized carbons (Fsp3) is 0.400. The van der Waals surface area contributed by atoms with Crippen molar-refractivity contribution >= 4 is 11.4 Å². The number of nitrogens with one attached hydrogen (secondary N) is 1. The molecule has 16 heavy (non-hydrogen) atoms. The quantitative estimate of drug-likeness (QED) is 0.542.